The van der Waals surface area contributed by atoms with Crippen LogP contribution >= 0.6 is 12.6 Å². The second kappa shape index (κ2) is 17.4. The van der Waals surface area contributed by atoms with Gasteiger partial charge in [0, 0.05) is 18.3 Å². The summed E-state index contributed by atoms with van der Waals surface area (Å²) in [6.07, 6.45) is 5.28. The molecule has 0 spiro atoms. The maximum atomic E-state index is 13.0. The first-order valence-corrected chi connectivity index (χ1v) is 13.6. The number of guanidine groups is 1. The van der Waals surface area contributed by atoms with E-state index in [1.807, 2.05) is 0 Å². The minimum Gasteiger partial charge on any atom is -0.370 e. The van der Waals surface area contributed by atoms with Crippen molar-refractivity contribution in [2.24, 2.45) is 22.2 Å². The van der Waals surface area contributed by atoms with Gasteiger partial charge in [-0.2, -0.15) is 12.6 Å². The molecule has 1 rings (SSSR count). The smallest absolute Gasteiger partial charge is 0.244 e. The van der Waals surface area contributed by atoms with Crippen molar-refractivity contribution in [1.82, 2.24) is 20.9 Å². The van der Waals surface area contributed by atoms with Crippen molar-refractivity contribution in [1.29, 1.82) is 0 Å². The zero-order chi connectivity index (χ0) is 29.5. The van der Waals surface area contributed by atoms with Crippen LogP contribution in [-0.2, 0) is 28.8 Å². The number of nitrogens with two attached hydrogens (primary N) is 3. The number of aliphatic imine (C=N–C) groups is 1. The van der Waals surface area contributed by atoms with Crippen molar-refractivity contribution in [3.63, 3.8) is 0 Å². The van der Waals surface area contributed by atoms with E-state index in [4.69, 9.17) is 17.2 Å². The summed E-state index contributed by atoms with van der Waals surface area (Å²) in [5.41, 5.74) is 16.4. The lowest BCUT2D eigenvalue weighted by Crippen LogP contribution is -2.57. The summed E-state index contributed by atoms with van der Waals surface area (Å²) in [7, 11) is 0. The van der Waals surface area contributed by atoms with Gasteiger partial charge in [-0.3, -0.25) is 29.0 Å². The van der Waals surface area contributed by atoms with Gasteiger partial charge in [-0.15, -0.1) is 0 Å². The maximum absolute atomic E-state index is 13.0. The van der Waals surface area contributed by atoms with Gasteiger partial charge >= 0.3 is 0 Å². The minimum absolute atomic E-state index is 0.0560. The van der Waals surface area contributed by atoms with Gasteiger partial charge in [-0.05, 0) is 39.5 Å². The van der Waals surface area contributed by atoms with Crippen molar-refractivity contribution in [2.45, 2.75) is 89.0 Å². The first-order valence-electron chi connectivity index (χ1n) is 13.0. The summed E-state index contributed by atoms with van der Waals surface area (Å²) in [5, 5.41) is 7.42. The van der Waals surface area contributed by atoms with E-state index in [1.165, 1.54) is 18.7 Å². The monoisotopic (exact) mass is 570 g/mol. The number of nitrogens with one attached hydrogen (secondary N) is 3. The first kappa shape index (κ1) is 33.8. The van der Waals surface area contributed by atoms with Crippen LogP contribution in [0.4, 0.5) is 0 Å². The van der Waals surface area contributed by atoms with Crippen molar-refractivity contribution in [3.05, 3.63) is 0 Å². The van der Waals surface area contributed by atoms with Crippen LogP contribution in [0.25, 0.3) is 0 Å². The molecular weight excluding hydrogens is 528 g/mol. The summed E-state index contributed by atoms with van der Waals surface area (Å²) in [4.78, 5) is 79.3. The predicted octanol–water partition coefficient (Wildman–Crippen LogP) is -2.28. The first-order chi connectivity index (χ1) is 18.4. The number of thiol groups is 1. The van der Waals surface area contributed by atoms with Crippen LogP contribution in [0.1, 0.15) is 58.8 Å². The van der Waals surface area contributed by atoms with E-state index in [9.17, 15) is 28.8 Å². The molecule has 1 fully saturated rings. The van der Waals surface area contributed by atoms with Crippen molar-refractivity contribution < 1.29 is 28.8 Å². The molecule has 4 amide bonds. The molecule has 220 valence electrons. The zero-order valence-electron chi connectivity index (χ0n) is 22.6. The van der Waals surface area contributed by atoms with Crippen LogP contribution in [-0.4, -0.2) is 95.6 Å². The van der Waals surface area contributed by atoms with Gasteiger partial charge in [0.15, 0.2) is 11.7 Å². The van der Waals surface area contributed by atoms with E-state index in [-0.39, 0.29) is 24.2 Å². The van der Waals surface area contributed by atoms with Gasteiger partial charge in [0.1, 0.15) is 24.4 Å². The number of aldehydes is 1. The molecule has 0 aromatic rings. The number of nitrogens with zero attached hydrogens (tertiary/aromatic N) is 2. The van der Waals surface area contributed by atoms with Crippen LogP contribution in [0.5, 0.6) is 0 Å². The van der Waals surface area contributed by atoms with Crippen LogP contribution in [0, 0.1) is 0 Å². The highest BCUT2D eigenvalue weighted by Crippen LogP contribution is 2.24. The zero-order valence-corrected chi connectivity index (χ0v) is 23.5. The largest absolute Gasteiger partial charge is 0.370 e. The SMILES string of the molecule is CC(=O)[C@@H](C=O)N(C(=O)CNC(=O)[C@H](C)NC(=O)[C@H](CS)NC(=O)[C@@H](N)CCCN=C(N)N)C1CCCCC1. The lowest BCUT2D eigenvalue weighted by Gasteiger charge is -2.37. The second-order valence-electron chi connectivity index (χ2n) is 9.53. The molecule has 1 aliphatic rings. The molecule has 0 aliphatic heterocycles. The number of carbonyl (C=O) groups is 6. The molecule has 0 unspecified atom stereocenters. The third kappa shape index (κ3) is 11.6. The molecular formula is C24H42N8O6S. The Morgan fingerprint density at radius 3 is 2.23 bits per heavy atom. The van der Waals surface area contributed by atoms with E-state index in [0.29, 0.717) is 32.1 Å². The molecule has 0 heterocycles. The number of amides is 4. The summed E-state index contributed by atoms with van der Waals surface area (Å²) in [6, 6.07) is -4.51. The minimum atomic E-state index is -1.22. The molecule has 9 N–H and O–H groups in total. The Hall–Kier alpha value is -3.20. The summed E-state index contributed by atoms with van der Waals surface area (Å²) in [5.74, 6) is -3.04. The lowest BCUT2D eigenvalue weighted by atomic mass is 9.92. The third-order valence-electron chi connectivity index (χ3n) is 6.39. The average Bonchev–Trinajstić information content (AvgIpc) is 2.90. The van der Waals surface area contributed by atoms with Crippen LogP contribution in [0.3, 0.4) is 0 Å². The number of rotatable bonds is 16. The fraction of sp³-hybridized carbons (Fsp3) is 0.708. The summed E-state index contributed by atoms with van der Waals surface area (Å²) >= 11 is 4.10. The van der Waals surface area contributed by atoms with E-state index in [0.717, 1.165) is 19.3 Å². The molecule has 0 radical (unpaired) electrons. The Kier molecular flexibility index (Phi) is 15.1. The van der Waals surface area contributed by atoms with Crippen LogP contribution in [0.15, 0.2) is 4.99 Å². The topological polar surface area (TPSA) is 232 Å². The van der Waals surface area contributed by atoms with E-state index >= 15 is 0 Å². The summed E-state index contributed by atoms with van der Waals surface area (Å²) < 4.78 is 0. The lowest BCUT2D eigenvalue weighted by molar-refractivity contribution is -0.145. The molecule has 0 aromatic heterocycles. The Labute approximate surface area is 234 Å². The Morgan fingerprint density at radius 2 is 1.69 bits per heavy atom. The average molecular weight is 571 g/mol. The van der Waals surface area contributed by atoms with E-state index in [2.05, 4.69) is 33.6 Å². The Balaban J connectivity index is 2.66. The second-order valence-corrected chi connectivity index (χ2v) is 9.90. The highest BCUT2D eigenvalue weighted by Gasteiger charge is 2.34. The molecule has 0 bridgehead atoms. The van der Waals surface area contributed by atoms with Gasteiger partial charge < -0.3 is 42.8 Å². The number of hydrogen-bond donors (Lipinski definition) is 7. The Morgan fingerprint density at radius 1 is 1.05 bits per heavy atom. The molecule has 1 saturated carbocycles. The summed E-state index contributed by atoms with van der Waals surface area (Å²) in [6.45, 7) is 2.51. The van der Waals surface area contributed by atoms with Crippen molar-refractivity contribution in [3.8, 4) is 0 Å². The fourth-order valence-electron chi connectivity index (χ4n) is 4.21. The molecule has 0 aromatic carbocycles. The van der Waals surface area contributed by atoms with Gasteiger partial charge in [-0.1, -0.05) is 19.3 Å². The normalized spacial score (nSPS) is 16.5. The molecule has 39 heavy (non-hydrogen) atoms. The molecule has 0 saturated heterocycles. The van der Waals surface area contributed by atoms with Gasteiger partial charge in [-0.25, -0.2) is 0 Å². The van der Waals surface area contributed by atoms with E-state index < -0.39 is 60.1 Å². The van der Waals surface area contributed by atoms with Gasteiger partial charge in [0.25, 0.3) is 0 Å². The van der Waals surface area contributed by atoms with Gasteiger partial charge in [0.05, 0.1) is 12.6 Å². The van der Waals surface area contributed by atoms with E-state index in [1.54, 1.807) is 0 Å². The number of ketones is 1. The quantitative estimate of drug-likeness (QED) is 0.0264. The highest BCUT2D eigenvalue weighted by molar-refractivity contribution is 7.80. The Bertz CT molecular complexity index is 907. The number of carbonyl (C=O) groups excluding carboxylic acids is 6. The van der Waals surface area contributed by atoms with Crippen LogP contribution in [0.2, 0.25) is 0 Å². The fourth-order valence-corrected chi connectivity index (χ4v) is 4.47. The van der Waals surface area contributed by atoms with Gasteiger partial charge in [0.2, 0.25) is 23.6 Å². The molecule has 1 aliphatic carbocycles. The third-order valence-corrected chi connectivity index (χ3v) is 6.75. The standard InChI is InChI=1S/C24H42N8O6S/c1-14(30-23(38)18(13-39)31-22(37)17(25)9-6-10-28-24(26)27)21(36)29-11-20(35)32(19(12-33)15(2)34)16-7-4-3-5-8-16/h12,14,16-19,39H,3-11,13,25H2,1-2H3,(H,29,36)(H,30,38)(H,31,37)(H4,26,27,28)/t14-,17-,18-,19+/m0/s1. The highest BCUT2D eigenvalue weighted by atomic mass is 32.1. The van der Waals surface area contributed by atoms with Crippen LogP contribution < -0.4 is 33.2 Å². The molecule has 15 heteroatoms. The van der Waals surface area contributed by atoms with Crippen molar-refractivity contribution >= 4 is 54.3 Å². The maximum Gasteiger partial charge on any atom is 0.244 e. The predicted molar refractivity (Wildman–Crippen MR) is 149 cm³/mol. The molecule has 14 nitrogen and oxygen atoms in total. The van der Waals surface area contributed by atoms with Crippen molar-refractivity contribution in [2.75, 3.05) is 18.8 Å². The number of hydrogen-bond acceptors (Lipinski definition) is 9. The molecule has 4 atom stereocenters. The number of Topliss-reactive ketones (excluding diaryl/α,β-unsaturated/α-hetero) is 1.